The minimum absolute atomic E-state index is 0.181. The van der Waals surface area contributed by atoms with Crippen LogP contribution in [0.2, 0.25) is 0 Å². The molecule has 1 aromatic rings. The van der Waals surface area contributed by atoms with Crippen molar-refractivity contribution >= 4 is 9.84 Å². The van der Waals surface area contributed by atoms with Crippen molar-refractivity contribution in [1.29, 1.82) is 0 Å². The van der Waals surface area contributed by atoms with Gasteiger partial charge < -0.3 is 14.0 Å². The molecule has 0 radical (unpaired) electrons. The molecule has 1 saturated carbocycles. The minimum Gasteiger partial charge on any atom is -0.385 e. The van der Waals surface area contributed by atoms with Crippen LogP contribution >= 0.6 is 0 Å². The fourth-order valence-electron chi connectivity index (χ4n) is 4.34. The summed E-state index contributed by atoms with van der Waals surface area (Å²) in [7, 11) is -1.71. The van der Waals surface area contributed by atoms with Crippen molar-refractivity contribution in [2.75, 3.05) is 26.8 Å². The summed E-state index contributed by atoms with van der Waals surface area (Å²) in [5.41, 5.74) is 0.962. The molecule has 2 fully saturated rings. The van der Waals surface area contributed by atoms with E-state index in [-0.39, 0.29) is 22.6 Å². The van der Waals surface area contributed by atoms with Crippen molar-refractivity contribution in [2.45, 2.75) is 81.7 Å². The number of rotatable bonds is 8. The second kappa shape index (κ2) is 9.03. The molecule has 0 N–H and O–H groups in total. The number of ether oxygens (including phenoxy) is 2. The van der Waals surface area contributed by atoms with E-state index < -0.39 is 9.84 Å². The predicted octanol–water partition coefficient (Wildman–Crippen LogP) is 2.25. The van der Waals surface area contributed by atoms with E-state index in [1.807, 2.05) is 4.57 Å². The molecule has 1 saturated heterocycles. The van der Waals surface area contributed by atoms with Gasteiger partial charge in [0.25, 0.3) is 0 Å². The number of methoxy groups -OCH3 is 1. The zero-order chi connectivity index (χ0) is 19.4. The Hall–Kier alpha value is -0.960. The van der Waals surface area contributed by atoms with Crippen LogP contribution in [0, 0.1) is 0 Å². The third-order valence-electron chi connectivity index (χ3n) is 5.51. The Morgan fingerprint density at radius 1 is 1.22 bits per heavy atom. The topological polar surface area (TPSA) is 73.7 Å². The van der Waals surface area contributed by atoms with Gasteiger partial charge >= 0.3 is 0 Å². The summed E-state index contributed by atoms with van der Waals surface area (Å²) in [5.74, 6) is 0. The number of hydrogen-bond acceptors (Lipinski definition) is 6. The first-order valence-corrected chi connectivity index (χ1v) is 11.6. The first-order valence-electron chi connectivity index (χ1n) is 10.1. The molecule has 2 unspecified atom stereocenters. The Bertz CT molecular complexity index is 703. The Kier molecular flexibility index (Phi) is 6.94. The van der Waals surface area contributed by atoms with Crippen LogP contribution in [0.5, 0.6) is 0 Å². The standard InChI is InChI=1S/C19H33N3O4S/c1-15-12-21(13-16(2)26-15)14-17-11-20-19(22(17)9-6-10-25-3)27(23,24)18-7-4-5-8-18/h11,15-16,18H,4-10,12-14H2,1-3H3. The van der Waals surface area contributed by atoms with Gasteiger partial charge in [0.2, 0.25) is 15.0 Å². The molecular formula is C19H33N3O4S. The number of hydrogen-bond donors (Lipinski definition) is 0. The Morgan fingerprint density at radius 2 is 1.89 bits per heavy atom. The van der Waals surface area contributed by atoms with Gasteiger partial charge in [0.15, 0.2) is 0 Å². The van der Waals surface area contributed by atoms with Crippen molar-refractivity contribution in [1.82, 2.24) is 14.5 Å². The monoisotopic (exact) mass is 399 g/mol. The van der Waals surface area contributed by atoms with Gasteiger partial charge in [0.05, 0.1) is 29.3 Å². The molecule has 1 aliphatic heterocycles. The lowest BCUT2D eigenvalue weighted by molar-refractivity contribution is -0.0710. The van der Waals surface area contributed by atoms with Crippen LogP contribution in [0.3, 0.4) is 0 Å². The molecule has 1 aromatic heterocycles. The molecule has 0 amide bonds. The fraction of sp³-hybridized carbons (Fsp3) is 0.842. The molecule has 0 spiro atoms. The van der Waals surface area contributed by atoms with Crippen molar-refractivity contribution in [3.63, 3.8) is 0 Å². The van der Waals surface area contributed by atoms with E-state index >= 15 is 0 Å². The number of aromatic nitrogens is 2. The molecule has 27 heavy (non-hydrogen) atoms. The average Bonchev–Trinajstić information content (AvgIpc) is 3.25. The highest BCUT2D eigenvalue weighted by molar-refractivity contribution is 7.91. The van der Waals surface area contributed by atoms with Crippen molar-refractivity contribution < 1.29 is 17.9 Å². The molecule has 154 valence electrons. The molecule has 2 atom stereocenters. The van der Waals surface area contributed by atoms with Gasteiger partial charge in [-0.1, -0.05) is 12.8 Å². The quantitative estimate of drug-likeness (QED) is 0.624. The first-order chi connectivity index (χ1) is 12.9. The molecule has 3 rings (SSSR count). The highest BCUT2D eigenvalue weighted by atomic mass is 32.2. The van der Waals surface area contributed by atoms with Gasteiger partial charge in [-0.15, -0.1) is 0 Å². The third kappa shape index (κ3) is 4.91. The highest BCUT2D eigenvalue weighted by Gasteiger charge is 2.34. The summed E-state index contributed by atoms with van der Waals surface area (Å²) in [5, 5.41) is -0.0350. The van der Waals surface area contributed by atoms with E-state index in [9.17, 15) is 8.42 Å². The maximum absolute atomic E-state index is 13.1. The van der Waals surface area contributed by atoms with E-state index in [1.54, 1.807) is 13.3 Å². The molecule has 1 aliphatic carbocycles. The second-order valence-corrected chi connectivity index (χ2v) is 10.1. The SMILES string of the molecule is COCCCn1c(CN2CC(C)OC(C)C2)cnc1S(=O)(=O)C1CCCC1. The summed E-state index contributed by atoms with van der Waals surface area (Å²) in [4.78, 5) is 6.72. The molecule has 2 heterocycles. The van der Waals surface area contributed by atoms with Gasteiger partial charge in [-0.3, -0.25) is 4.90 Å². The first kappa shape index (κ1) is 20.8. The van der Waals surface area contributed by atoms with Gasteiger partial charge in [-0.05, 0) is 33.1 Å². The lowest BCUT2D eigenvalue weighted by Gasteiger charge is -2.35. The summed E-state index contributed by atoms with van der Waals surface area (Å²) < 4.78 is 39.2. The van der Waals surface area contributed by atoms with E-state index in [2.05, 4.69) is 23.7 Å². The Balaban J connectivity index is 1.83. The van der Waals surface area contributed by atoms with Crippen LogP contribution in [0.1, 0.15) is 51.6 Å². The van der Waals surface area contributed by atoms with Crippen LogP contribution in [-0.2, 0) is 32.4 Å². The summed E-state index contributed by atoms with van der Waals surface area (Å²) in [6, 6.07) is 0. The zero-order valence-corrected chi connectivity index (χ0v) is 17.6. The van der Waals surface area contributed by atoms with E-state index in [0.29, 0.717) is 19.7 Å². The van der Waals surface area contributed by atoms with Gasteiger partial charge in [0, 0.05) is 39.9 Å². The summed E-state index contributed by atoms with van der Waals surface area (Å²) in [6.07, 6.45) is 6.36. The van der Waals surface area contributed by atoms with Gasteiger partial charge in [-0.25, -0.2) is 13.4 Å². The minimum atomic E-state index is -3.38. The number of imidazole rings is 1. The van der Waals surface area contributed by atoms with Crippen LogP contribution in [0.4, 0.5) is 0 Å². The fourth-order valence-corrected chi connectivity index (χ4v) is 6.31. The third-order valence-corrected chi connectivity index (χ3v) is 7.69. The maximum Gasteiger partial charge on any atom is 0.228 e. The van der Waals surface area contributed by atoms with Crippen molar-refractivity contribution in [3.05, 3.63) is 11.9 Å². The molecule has 2 aliphatic rings. The maximum atomic E-state index is 13.1. The normalized spacial score (nSPS) is 25.3. The highest BCUT2D eigenvalue weighted by Crippen LogP contribution is 2.30. The molecule has 0 aromatic carbocycles. The molecule has 8 heteroatoms. The summed E-state index contributed by atoms with van der Waals surface area (Å²) in [6.45, 7) is 7.75. The van der Waals surface area contributed by atoms with Crippen LogP contribution in [0.15, 0.2) is 11.4 Å². The van der Waals surface area contributed by atoms with E-state index in [1.165, 1.54) is 0 Å². The molecule has 7 nitrogen and oxygen atoms in total. The van der Waals surface area contributed by atoms with Crippen LogP contribution in [0.25, 0.3) is 0 Å². The van der Waals surface area contributed by atoms with Gasteiger partial charge in [0.1, 0.15) is 0 Å². The lowest BCUT2D eigenvalue weighted by atomic mass is 10.2. The van der Waals surface area contributed by atoms with Crippen molar-refractivity contribution in [2.24, 2.45) is 0 Å². The average molecular weight is 400 g/mol. The molecular weight excluding hydrogens is 366 g/mol. The second-order valence-electron chi connectivity index (χ2n) is 7.93. The summed E-state index contributed by atoms with van der Waals surface area (Å²) >= 11 is 0. The molecule has 0 bridgehead atoms. The smallest absolute Gasteiger partial charge is 0.228 e. The lowest BCUT2D eigenvalue weighted by Crippen LogP contribution is -2.45. The zero-order valence-electron chi connectivity index (χ0n) is 16.8. The van der Waals surface area contributed by atoms with E-state index in [0.717, 1.165) is 50.9 Å². The van der Waals surface area contributed by atoms with Crippen LogP contribution in [-0.4, -0.2) is 67.1 Å². The number of morpholine rings is 1. The number of sulfone groups is 1. The predicted molar refractivity (Wildman–Crippen MR) is 103 cm³/mol. The Labute approximate surface area is 163 Å². The largest absolute Gasteiger partial charge is 0.385 e. The van der Waals surface area contributed by atoms with Crippen LogP contribution < -0.4 is 0 Å². The van der Waals surface area contributed by atoms with Gasteiger partial charge in [-0.2, -0.15) is 0 Å². The van der Waals surface area contributed by atoms with Crippen molar-refractivity contribution in [3.8, 4) is 0 Å². The number of nitrogens with zero attached hydrogens (tertiary/aromatic N) is 3. The Morgan fingerprint density at radius 3 is 2.52 bits per heavy atom. The van der Waals surface area contributed by atoms with E-state index in [4.69, 9.17) is 9.47 Å².